The zero-order valence-corrected chi connectivity index (χ0v) is 10.9. The topological polar surface area (TPSA) is 49.5 Å². The average Bonchev–Trinajstić information content (AvgIpc) is 2.72. The average molecular weight is 228 g/mol. The molecule has 0 aliphatic carbocycles. The van der Waals surface area contributed by atoms with Crippen LogP contribution in [0.4, 0.5) is 0 Å². The number of unbranched alkanes of at least 4 members (excludes halogenated alkanes) is 1. The summed E-state index contributed by atoms with van der Waals surface area (Å²) in [5, 5.41) is 9.20. The highest BCUT2D eigenvalue weighted by atomic mass is 16.3. The maximum atomic E-state index is 9.20. The lowest BCUT2D eigenvalue weighted by Crippen LogP contribution is -2.33. The van der Waals surface area contributed by atoms with E-state index in [0.29, 0.717) is 18.1 Å². The van der Waals surface area contributed by atoms with Crippen LogP contribution in [0.25, 0.3) is 0 Å². The quantitative estimate of drug-likeness (QED) is 0.651. The Bertz CT molecular complexity index is 194. The third-order valence-corrected chi connectivity index (χ3v) is 3.81. The van der Waals surface area contributed by atoms with Crippen molar-refractivity contribution in [2.45, 2.75) is 52.0 Å². The van der Waals surface area contributed by atoms with E-state index < -0.39 is 0 Å². The number of nitrogens with zero attached hydrogens (tertiary/aromatic N) is 1. The molecule has 1 rings (SSSR count). The second-order valence-electron chi connectivity index (χ2n) is 5.84. The number of aliphatic hydroxyl groups is 1. The lowest BCUT2D eigenvalue weighted by atomic mass is 9.87. The summed E-state index contributed by atoms with van der Waals surface area (Å²) in [6.07, 6.45) is 6.12. The lowest BCUT2D eigenvalue weighted by Gasteiger charge is -2.25. The molecule has 0 aromatic rings. The lowest BCUT2D eigenvalue weighted by molar-refractivity contribution is 0.155. The summed E-state index contributed by atoms with van der Waals surface area (Å²) in [7, 11) is 0. The Labute approximate surface area is 100 Å². The Morgan fingerprint density at radius 1 is 1.38 bits per heavy atom. The van der Waals surface area contributed by atoms with Crippen molar-refractivity contribution >= 4 is 0 Å². The number of aliphatic hydroxyl groups excluding tert-OH is 1. The summed E-state index contributed by atoms with van der Waals surface area (Å²) < 4.78 is 0. The molecule has 0 amide bonds. The van der Waals surface area contributed by atoms with Gasteiger partial charge in [0, 0.05) is 6.04 Å². The molecule has 1 fully saturated rings. The summed E-state index contributed by atoms with van der Waals surface area (Å²) in [4.78, 5) is 2.44. The zero-order valence-electron chi connectivity index (χ0n) is 10.9. The predicted octanol–water partition coefficient (Wildman–Crippen LogP) is 1.60. The normalized spacial score (nSPS) is 22.9. The number of rotatable bonds is 7. The largest absolute Gasteiger partial charge is 0.395 e. The Morgan fingerprint density at radius 2 is 2.12 bits per heavy atom. The first-order chi connectivity index (χ1) is 7.59. The summed E-state index contributed by atoms with van der Waals surface area (Å²) in [5.41, 5.74) is 6.00. The van der Waals surface area contributed by atoms with Gasteiger partial charge >= 0.3 is 0 Å². The molecular formula is C13H28N2O. The van der Waals surface area contributed by atoms with Gasteiger partial charge in [-0.15, -0.1) is 0 Å². The smallest absolute Gasteiger partial charge is 0.0586 e. The third-order valence-electron chi connectivity index (χ3n) is 3.81. The molecule has 1 saturated heterocycles. The summed E-state index contributed by atoms with van der Waals surface area (Å²) >= 11 is 0. The van der Waals surface area contributed by atoms with Crippen molar-refractivity contribution in [1.29, 1.82) is 0 Å². The first-order valence-corrected chi connectivity index (χ1v) is 6.64. The molecule has 0 saturated carbocycles. The van der Waals surface area contributed by atoms with Gasteiger partial charge in [-0.2, -0.15) is 0 Å². The van der Waals surface area contributed by atoms with Crippen molar-refractivity contribution < 1.29 is 5.11 Å². The van der Waals surface area contributed by atoms with Crippen LogP contribution in [0.1, 0.15) is 46.0 Å². The first-order valence-electron chi connectivity index (χ1n) is 6.64. The highest BCUT2D eigenvalue weighted by Crippen LogP contribution is 2.22. The van der Waals surface area contributed by atoms with Crippen molar-refractivity contribution in [2.75, 3.05) is 26.2 Å². The highest BCUT2D eigenvalue weighted by Gasteiger charge is 2.23. The Kier molecular flexibility index (Phi) is 5.73. The predicted molar refractivity (Wildman–Crippen MR) is 68.4 cm³/mol. The van der Waals surface area contributed by atoms with E-state index in [-0.39, 0.29) is 0 Å². The van der Waals surface area contributed by atoms with Crippen LogP contribution in [-0.2, 0) is 0 Å². The van der Waals surface area contributed by atoms with Crippen LogP contribution < -0.4 is 5.73 Å². The molecule has 0 bridgehead atoms. The van der Waals surface area contributed by atoms with E-state index in [1.54, 1.807) is 0 Å². The van der Waals surface area contributed by atoms with Crippen LogP contribution in [0, 0.1) is 5.41 Å². The molecule has 96 valence electrons. The molecule has 16 heavy (non-hydrogen) atoms. The van der Waals surface area contributed by atoms with Gasteiger partial charge in [-0.25, -0.2) is 0 Å². The molecule has 3 nitrogen and oxygen atoms in total. The van der Waals surface area contributed by atoms with Gasteiger partial charge in [-0.05, 0) is 50.7 Å². The van der Waals surface area contributed by atoms with E-state index in [2.05, 4.69) is 18.7 Å². The molecule has 0 radical (unpaired) electrons. The molecule has 1 atom stereocenters. The summed E-state index contributed by atoms with van der Waals surface area (Å²) in [5.74, 6) is 0. The van der Waals surface area contributed by atoms with Crippen LogP contribution in [0.2, 0.25) is 0 Å². The molecule has 3 heteroatoms. The van der Waals surface area contributed by atoms with E-state index in [1.165, 1.54) is 38.6 Å². The van der Waals surface area contributed by atoms with Gasteiger partial charge in [-0.3, -0.25) is 4.90 Å². The molecule has 3 N–H and O–H groups in total. The van der Waals surface area contributed by atoms with Crippen molar-refractivity contribution in [3.63, 3.8) is 0 Å². The minimum Gasteiger partial charge on any atom is -0.395 e. The fourth-order valence-corrected chi connectivity index (χ4v) is 2.42. The summed E-state index contributed by atoms with van der Waals surface area (Å²) in [6.45, 7) is 7.89. The van der Waals surface area contributed by atoms with Gasteiger partial charge < -0.3 is 10.8 Å². The second kappa shape index (κ2) is 6.58. The monoisotopic (exact) mass is 228 g/mol. The van der Waals surface area contributed by atoms with Gasteiger partial charge in [-0.1, -0.05) is 20.3 Å². The van der Waals surface area contributed by atoms with E-state index >= 15 is 0 Å². The molecule has 1 aliphatic rings. The second-order valence-corrected chi connectivity index (χ2v) is 5.84. The number of nitrogens with two attached hydrogens (primary N) is 1. The van der Waals surface area contributed by atoms with Crippen molar-refractivity contribution in [1.82, 2.24) is 4.90 Å². The van der Waals surface area contributed by atoms with E-state index in [4.69, 9.17) is 5.73 Å². The van der Waals surface area contributed by atoms with Gasteiger partial charge in [0.25, 0.3) is 0 Å². The minimum atomic E-state index is 0.293. The maximum absolute atomic E-state index is 9.20. The van der Waals surface area contributed by atoms with Crippen LogP contribution in [-0.4, -0.2) is 42.3 Å². The molecule has 0 aromatic heterocycles. The minimum absolute atomic E-state index is 0.293. The SMILES string of the molecule is CC(C)(CN)CCCCN1CCCC1CO. The number of likely N-dealkylation sites (tertiary alicyclic amines) is 1. The molecule has 0 aromatic carbocycles. The van der Waals surface area contributed by atoms with Gasteiger partial charge in [0.05, 0.1) is 6.61 Å². The molecule has 0 spiro atoms. The first kappa shape index (κ1) is 13.9. The van der Waals surface area contributed by atoms with E-state index in [0.717, 1.165) is 13.1 Å². The zero-order chi connectivity index (χ0) is 12.0. The van der Waals surface area contributed by atoms with Crippen molar-refractivity contribution in [3.05, 3.63) is 0 Å². The van der Waals surface area contributed by atoms with Crippen LogP contribution in [0.3, 0.4) is 0 Å². The fourth-order valence-electron chi connectivity index (χ4n) is 2.42. The van der Waals surface area contributed by atoms with Crippen LogP contribution in [0.15, 0.2) is 0 Å². The number of hydrogen-bond donors (Lipinski definition) is 2. The molecular weight excluding hydrogens is 200 g/mol. The number of hydrogen-bond acceptors (Lipinski definition) is 3. The Hall–Kier alpha value is -0.120. The van der Waals surface area contributed by atoms with E-state index in [9.17, 15) is 5.11 Å². The van der Waals surface area contributed by atoms with Gasteiger partial charge in [0.15, 0.2) is 0 Å². The Morgan fingerprint density at radius 3 is 2.75 bits per heavy atom. The van der Waals surface area contributed by atoms with Gasteiger partial charge in [0.2, 0.25) is 0 Å². The molecule has 1 unspecified atom stereocenters. The Balaban J connectivity index is 2.11. The molecule has 1 heterocycles. The van der Waals surface area contributed by atoms with Crippen LogP contribution >= 0.6 is 0 Å². The fraction of sp³-hybridized carbons (Fsp3) is 1.00. The van der Waals surface area contributed by atoms with Crippen molar-refractivity contribution in [2.24, 2.45) is 11.1 Å². The summed E-state index contributed by atoms with van der Waals surface area (Å²) in [6, 6.07) is 0.433. The van der Waals surface area contributed by atoms with Gasteiger partial charge in [0.1, 0.15) is 0 Å². The maximum Gasteiger partial charge on any atom is 0.0586 e. The van der Waals surface area contributed by atoms with E-state index in [1.807, 2.05) is 0 Å². The standard InChI is InChI=1S/C13H28N2O/c1-13(2,11-14)7-3-4-8-15-9-5-6-12(15)10-16/h12,16H,3-11,14H2,1-2H3. The third kappa shape index (κ3) is 4.40. The highest BCUT2D eigenvalue weighted by molar-refractivity contribution is 4.78. The van der Waals surface area contributed by atoms with Crippen LogP contribution in [0.5, 0.6) is 0 Å². The molecule has 1 aliphatic heterocycles. The van der Waals surface area contributed by atoms with Crippen molar-refractivity contribution in [3.8, 4) is 0 Å².